The maximum absolute atomic E-state index is 12.9. The van der Waals surface area contributed by atoms with Crippen LogP contribution in [0.3, 0.4) is 0 Å². The van der Waals surface area contributed by atoms with Gasteiger partial charge in [0.1, 0.15) is 0 Å². The Kier molecular flexibility index (Phi) is 7.07. The summed E-state index contributed by atoms with van der Waals surface area (Å²) >= 11 is 7.67. The van der Waals surface area contributed by atoms with E-state index in [2.05, 4.69) is 15.2 Å². The lowest BCUT2D eigenvalue weighted by molar-refractivity contribution is -0.118. The van der Waals surface area contributed by atoms with E-state index in [0.717, 1.165) is 5.56 Å². The Hall–Kier alpha value is -3.95. The number of halogens is 1. The molecule has 0 fully saturated rings. The molecule has 0 spiro atoms. The molecule has 3 aromatic carbocycles. The average molecular weight is 533 g/mol. The number of hydrogen-bond acceptors (Lipinski definition) is 8. The lowest BCUT2D eigenvalue weighted by Gasteiger charge is -2.29. The number of fused-ring (bicyclic) bond motifs is 3. The Morgan fingerprint density at radius 1 is 1.03 bits per heavy atom. The van der Waals surface area contributed by atoms with Crippen molar-refractivity contribution in [3.05, 3.63) is 94.5 Å². The van der Waals surface area contributed by atoms with Gasteiger partial charge in [-0.3, -0.25) is 9.69 Å². The zero-order valence-corrected chi connectivity index (χ0v) is 21.5. The smallest absolute Gasteiger partial charge is 0.337 e. The standard InChI is InChI=1S/C27H21ClN4O4S/c1-16(33)32-22-10-6-4-8-20(22)23-24(36-25(32)17-11-13-18(14-12-17)26(34)35-2)29-27(31-30-23)37-15-19-7-3-5-9-21(19)28/h3-14,25H,15H2,1-2H3/t25-/m0/s1. The van der Waals surface area contributed by atoms with E-state index in [1.165, 1.54) is 25.8 Å². The van der Waals surface area contributed by atoms with Crippen molar-refractivity contribution in [2.75, 3.05) is 12.0 Å². The predicted octanol–water partition coefficient (Wildman–Crippen LogP) is 5.72. The first-order chi connectivity index (χ1) is 18.0. The predicted molar refractivity (Wildman–Crippen MR) is 141 cm³/mol. The van der Waals surface area contributed by atoms with Gasteiger partial charge in [0.05, 0.1) is 18.4 Å². The third-order valence-electron chi connectivity index (χ3n) is 5.78. The van der Waals surface area contributed by atoms with Crippen molar-refractivity contribution in [1.82, 2.24) is 15.2 Å². The second-order valence-electron chi connectivity index (χ2n) is 8.12. The molecule has 2 heterocycles. The zero-order valence-electron chi connectivity index (χ0n) is 19.9. The van der Waals surface area contributed by atoms with Gasteiger partial charge in [-0.15, -0.1) is 10.2 Å². The first-order valence-electron chi connectivity index (χ1n) is 11.3. The second-order valence-corrected chi connectivity index (χ2v) is 9.47. The minimum absolute atomic E-state index is 0.233. The van der Waals surface area contributed by atoms with Gasteiger partial charge in [0.2, 0.25) is 23.2 Å². The molecule has 10 heteroatoms. The van der Waals surface area contributed by atoms with E-state index < -0.39 is 12.2 Å². The lowest BCUT2D eigenvalue weighted by atomic mass is 10.1. The van der Waals surface area contributed by atoms with Crippen molar-refractivity contribution in [2.45, 2.75) is 24.1 Å². The number of carbonyl (C=O) groups is 2. The molecule has 0 N–H and O–H groups in total. The highest BCUT2D eigenvalue weighted by Crippen LogP contribution is 2.43. The number of ether oxygens (including phenoxy) is 2. The van der Waals surface area contributed by atoms with E-state index in [1.54, 1.807) is 29.2 Å². The van der Waals surface area contributed by atoms with E-state index in [1.807, 2.05) is 48.5 Å². The second kappa shape index (κ2) is 10.6. The Labute approximate surface area is 222 Å². The fourth-order valence-electron chi connectivity index (χ4n) is 3.99. The molecule has 0 unspecified atom stereocenters. The number of carbonyl (C=O) groups excluding carboxylic acids is 2. The number of benzene rings is 3. The molecule has 5 rings (SSSR count). The summed E-state index contributed by atoms with van der Waals surface area (Å²) in [6.07, 6.45) is -0.857. The SMILES string of the molecule is COC(=O)c1ccc([C@@H]2Oc3nc(SCc4ccccc4Cl)nnc3-c3ccccc3N2C(C)=O)cc1. The van der Waals surface area contributed by atoms with Crippen LogP contribution in [0, 0.1) is 0 Å². The van der Waals surface area contributed by atoms with Crippen LogP contribution in [0.25, 0.3) is 11.3 Å². The Balaban J connectivity index is 1.56. The summed E-state index contributed by atoms with van der Waals surface area (Å²) in [5, 5.41) is 9.82. The number of aromatic nitrogens is 3. The molecule has 4 aromatic rings. The fraction of sp³-hybridized carbons (Fsp3) is 0.148. The molecular weight excluding hydrogens is 512 g/mol. The van der Waals surface area contributed by atoms with Crippen LogP contribution in [0.4, 0.5) is 5.69 Å². The van der Waals surface area contributed by atoms with Crippen LogP contribution in [0.2, 0.25) is 5.02 Å². The summed E-state index contributed by atoms with van der Waals surface area (Å²) in [6.45, 7) is 1.47. The Morgan fingerprint density at radius 2 is 1.76 bits per heavy atom. The van der Waals surface area contributed by atoms with E-state index >= 15 is 0 Å². The molecule has 0 bridgehead atoms. The van der Waals surface area contributed by atoms with Crippen LogP contribution < -0.4 is 9.64 Å². The van der Waals surface area contributed by atoms with Crippen LogP contribution in [-0.2, 0) is 15.3 Å². The number of thioether (sulfide) groups is 1. The van der Waals surface area contributed by atoms with Gasteiger partial charge in [-0.2, -0.15) is 4.98 Å². The monoisotopic (exact) mass is 532 g/mol. The molecule has 1 atom stereocenters. The first-order valence-corrected chi connectivity index (χ1v) is 12.7. The molecule has 0 saturated heterocycles. The summed E-state index contributed by atoms with van der Waals surface area (Å²) in [5.74, 6) is 0.109. The molecule has 186 valence electrons. The van der Waals surface area contributed by atoms with Gasteiger partial charge in [-0.05, 0) is 29.8 Å². The summed E-state index contributed by atoms with van der Waals surface area (Å²) in [7, 11) is 1.32. The number of esters is 1. The minimum atomic E-state index is -0.857. The van der Waals surface area contributed by atoms with Crippen molar-refractivity contribution in [2.24, 2.45) is 0 Å². The molecule has 1 aromatic heterocycles. The molecule has 1 aliphatic heterocycles. The molecule has 1 aliphatic rings. The first kappa shape index (κ1) is 24.7. The summed E-state index contributed by atoms with van der Waals surface area (Å²) in [5.41, 5.74) is 3.70. The number of hydrogen-bond donors (Lipinski definition) is 0. The molecule has 0 saturated carbocycles. The third kappa shape index (κ3) is 5.00. The van der Waals surface area contributed by atoms with Crippen molar-refractivity contribution >= 4 is 40.9 Å². The topological polar surface area (TPSA) is 94.5 Å². The highest BCUT2D eigenvalue weighted by atomic mass is 35.5. The van der Waals surface area contributed by atoms with Gasteiger partial charge in [-0.25, -0.2) is 4.79 Å². The highest BCUT2D eigenvalue weighted by Gasteiger charge is 2.34. The molecule has 8 nitrogen and oxygen atoms in total. The summed E-state index contributed by atoms with van der Waals surface area (Å²) in [4.78, 5) is 31.1. The van der Waals surface area contributed by atoms with Crippen LogP contribution >= 0.6 is 23.4 Å². The molecule has 0 aliphatic carbocycles. The van der Waals surface area contributed by atoms with E-state index in [9.17, 15) is 9.59 Å². The number of amides is 1. The van der Waals surface area contributed by atoms with Gasteiger partial charge < -0.3 is 9.47 Å². The Morgan fingerprint density at radius 3 is 2.49 bits per heavy atom. The number of anilines is 1. The zero-order chi connectivity index (χ0) is 25.9. The van der Waals surface area contributed by atoms with Gasteiger partial charge in [0.25, 0.3) is 0 Å². The van der Waals surface area contributed by atoms with Gasteiger partial charge in [0, 0.05) is 28.8 Å². The summed E-state index contributed by atoms with van der Waals surface area (Å²) in [6, 6.07) is 21.6. The maximum Gasteiger partial charge on any atom is 0.337 e. The fourth-order valence-corrected chi connectivity index (χ4v) is 5.05. The number of para-hydroxylation sites is 1. The van der Waals surface area contributed by atoms with Crippen LogP contribution in [0.15, 0.2) is 78.0 Å². The minimum Gasteiger partial charge on any atom is -0.465 e. The number of methoxy groups -OCH3 is 1. The van der Waals surface area contributed by atoms with Crippen molar-refractivity contribution in [3.63, 3.8) is 0 Å². The van der Waals surface area contributed by atoms with Crippen molar-refractivity contribution in [3.8, 4) is 17.1 Å². The average Bonchev–Trinajstić information content (AvgIpc) is 3.06. The van der Waals surface area contributed by atoms with Gasteiger partial charge >= 0.3 is 5.97 Å². The number of rotatable bonds is 5. The quantitative estimate of drug-likeness (QED) is 0.238. The molecule has 37 heavy (non-hydrogen) atoms. The van der Waals surface area contributed by atoms with Crippen molar-refractivity contribution in [1.29, 1.82) is 0 Å². The number of nitrogens with zero attached hydrogens (tertiary/aromatic N) is 4. The molecule has 1 amide bonds. The molecular formula is C27H21ClN4O4S. The van der Waals surface area contributed by atoms with Crippen LogP contribution in [0.1, 0.15) is 34.6 Å². The largest absolute Gasteiger partial charge is 0.465 e. The molecule has 0 radical (unpaired) electrons. The van der Waals surface area contributed by atoms with Crippen LogP contribution in [0.5, 0.6) is 5.88 Å². The maximum atomic E-state index is 12.9. The van der Waals surface area contributed by atoms with Gasteiger partial charge in [0.15, 0.2) is 5.69 Å². The summed E-state index contributed by atoms with van der Waals surface area (Å²) < 4.78 is 11.2. The lowest BCUT2D eigenvalue weighted by Crippen LogP contribution is -2.36. The highest BCUT2D eigenvalue weighted by molar-refractivity contribution is 7.98. The van der Waals surface area contributed by atoms with Gasteiger partial charge in [-0.1, -0.05) is 71.9 Å². The van der Waals surface area contributed by atoms with E-state index in [-0.39, 0.29) is 11.8 Å². The van der Waals surface area contributed by atoms with Crippen molar-refractivity contribution < 1.29 is 19.1 Å². The normalized spacial score (nSPS) is 14.1. The van der Waals surface area contributed by atoms with E-state index in [4.69, 9.17) is 21.1 Å². The Bertz CT molecular complexity index is 1480. The van der Waals surface area contributed by atoms with Crippen LogP contribution in [-0.4, -0.2) is 34.2 Å². The van der Waals surface area contributed by atoms with E-state index in [0.29, 0.717) is 44.0 Å². The third-order valence-corrected chi connectivity index (χ3v) is 7.04.